The molecule has 26 heavy (non-hydrogen) atoms. The number of benzene rings is 1. The smallest absolute Gasteiger partial charge is 0.306 e. The van der Waals surface area contributed by atoms with Crippen molar-refractivity contribution in [2.24, 2.45) is 11.8 Å². The number of ether oxygens (including phenoxy) is 4. The molecule has 0 radical (unpaired) electrons. The molecule has 0 N–H and O–H groups in total. The van der Waals surface area contributed by atoms with Crippen molar-refractivity contribution in [2.45, 2.75) is 32.0 Å². The first-order chi connectivity index (χ1) is 12.6. The summed E-state index contributed by atoms with van der Waals surface area (Å²) < 4.78 is 21.4. The molecule has 1 saturated heterocycles. The minimum atomic E-state index is -0.273. The van der Waals surface area contributed by atoms with Gasteiger partial charge in [0.25, 0.3) is 0 Å². The molecule has 1 heterocycles. The number of hydrogen-bond donors (Lipinski definition) is 0. The van der Waals surface area contributed by atoms with Gasteiger partial charge in [0.15, 0.2) is 0 Å². The van der Waals surface area contributed by atoms with E-state index in [2.05, 4.69) is 11.8 Å². The zero-order valence-electron chi connectivity index (χ0n) is 14.9. The number of rotatable bonds is 6. The maximum Gasteiger partial charge on any atom is 0.306 e. The van der Waals surface area contributed by atoms with Crippen LogP contribution < -0.4 is 4.74 Å². The molecule has 0 bridgehead atoms. The molecule has 138 valence electrons. The van der Waals surface area contributed by atoms with Crippen LogP contribution in [-0.4, -0.2) is 44.5 Å². The van der Waals surface area contributed by atoms with Crippen LogP contribution in [0.1, 0.15) is 30.1 Å². The van der Waals surface area contributed by atoms with Gasteiger partial charge in [0, 0.05) is 24.5 Å². The lowest BCUT2D eigenvalue weighted by Crippen LogP contribution is -2.23. The van der Waals surface area contributed by atoms with Crippen molar-refractivity contribution in [1.82, 2.24) is 0 Å². The number of esters is 1. The van der Waals surface area contributed by atoms with Gasteiger partial charge >= 0.3 is 5.97 Å². The third kappa shape index (κ3) is 4.06. The van der Waals surface area contributed by atoms with Gasteiger partial charge in [0.1, 0.15) is 18.6 Å². The molecule has 1 aromatic carbocycles. The molecule has 1 aromatic rings. The number of carbonyl (C=O) groups excluding carboxylic acids is 2. The first-order valence-corrected chi connectivity index (χ1v) is 8.71. The highest BCUT2D eigenvalue weighted by Gasteiger charge is 2.50. The van der Waals surface area contributed by atoms with Gasteiger partial charge in [-0.25, -0.2) is 0 Å². The molecule has 1 aliphatic heterocycles. The lowest BCUT2D eigenvalue weighted by Gasteiger charge is -2.18. The first kappa shape index (κ1) is 18.4. The summed E-state index contributed by atoms with van der Waals surface area (Å²) in [5, 5.41) is 0. The van der Waals surface area contributed by atoms with E-state index in [-0.39, 0.29) is 42.6 Å². The summed E-state index contributed by atoms with van der Waals surface area (Å²) in [4.78, 5) is 23.9. The monoisotopic (exact) mass is 358 g/mol. The Labute approximate surface area is 152 Å². The molecule has 4 atom stereocenters. The molecule has 3 rings (SSSR count). The number of fused-ring (bicyclic) bond motifs is 1. The summed E-state index contributed by atoms with van der Waals surface area (Å²) in [5.74, 6) is 5.67. The number of carbonyl (C=O) groups is 2. The lowest BCUT2D eigenvalue weighted by molar-refractivity contribution is -0.143. The topological polar surface area (TPSA) is 71.1 Å². The van der Waals surface area contributed by atoms with Crippen molar-refractivity contribution in [3.8, 4) is 17.6 Å². The maximum atomic E-state index is 12.3. The fourth-order valence-electron chi connectivity index (χ4n) is 3.41. The van der Waals surface area contributed by atoms with Gasteiger partial charge < -0.3 is 18.9 Å². The molecule has 1 aliphatic carbocycles. The highest BCUT2D eigenvalue weighted by atomic mass is 16.7. The molecular weight excluding hydrogens is 336 g/mol. The van der Waals surface area contributed by atoms with E-state index >= 15 is 0 Å². The van der Waals surface area contributed by atoms with Crippen LogP contribution in [0, 0.1) is 23.7 Å². The Balaban J connectivity index is 1.72. The first-order valence-electron chi connectivity index (χ1n) is 8.71. The minimum absolute atomic E-state index is 0.0368. The van der Waals surface area contributed by atoms with Crippen molar-refractivity contribution in [3.63, 3.8) is 0 Å². The van der Waals surface area contributed by atoms with Gasteiger partial charge in [-0.2, -0.15) is 0 Å². The van der Waals surface area contributed by atoms with E-state index in [9.17, 15) is 9.59 Å². The number of methoxy groups -OCH3 is 1. The average Bonchev–Trinajstić information content (AvgIpc) is 3.16. The van der Waals surface area contributed by atoms with E-state index in [1.807, 2.05) is 6.92 Å². The fraction of sp³-hybridized carbons (Fsp3) is 0.500. The van der Waals surface area contributed by atoms with E-state index in [0.717, 1.165) is 0 Å². The highest BCUT2D eigenvalue weighted by molar-refractivity contribution is 6.09. The molecule has 2 fully saturated rings. The van der Waals surface area contributed by atoms with E-state index < -0.39 is 0 Å². The summed E-state index contributed by atoms with van der Waals surface area (Å²) >= 11 is 0. The summed E-state index contributed by atoms with van der Waals surface area (Å²) in [6, 6.07) is 6.80. The van der Waals surface area contributed by atoms with Crippen LogP contribution in [0.5, 0.6) is 5.75 Å². The van der Waals surface area contributed by atoms with Gasteiger partial charge in [-0.15, -0.1) is 0 Å². The minimum Gasteiger partial charge on any atom is -0.497 e. The molecule has 1 saturated carbocycles. The van der Waals surface area contributed by atoms with E-state index in [1.54, 1.807) is 31.4 Å². The van der Waals surface area contributed by atoms with Gasteiger partial charge in [-0.1, -0.05) is 5.92 Å². The van der Waals surface area contributed by atoms with Gasteiger partial charge in [0.2, 0.25) is 5.78 Å². The molecule has 2 aliphatic rings. The Morgan fingerprint density at radius 3 is 2.77 bits per heavy atom. The third-order valence-electron chi connectivity index (χ3n) is 4.76. The summed E-state index contributed by atoms with van der Waals surface area (Å²) in [5.41, 5.74) is 0.498. The van der Waals surface area contributed by atoms with E-state index in [4.69, 9.17) is 18.9 Å². The zero-order chi connectivity index (χ0) is 18.5. The van der Waals surface area contributed by atoms with Crippen LogP contribution in [-0.2, 0) is 19.0 Å². The van der Waals surface area contributed by atoms with Crippen molar-refractivity contribution in [3.05, 3.63) is 29.8 Å². The Morgan fingerprint density at radius 1 is 1.31 bits per heavy atom. The van der Waals surface area contributed by atoms with Crippen molar-refractivity contribution >= 4 is 11.8 Å². The summed E-state index contributed by atoms with van der Waals surface area (Å²) in [6.07, 6.45) is 0.500. The molecule has 0 amide bonds. The average molecular weight is 358 g/mol. The molecule has 0 aromatic heterocycles. The standard InChI is InChI=1S/C20H22O6/c1-3-24-12-25-18-11-19-16(10-20(22)26-19)15(18)8-9-17(21)13-4-6-14(23-2)7-5-13/h4-7,15-16,18-19H,3,10-12H2,1-2H3/t15-,16-,18-,19+/m1/s1. The SMILES string of the molecule is CCOCO[C@@H]1C[C@@H]2OC(=O)C[C@@H]2[C@H]1C#CC(=O)c1ccc(OC)cc1. The summed E-state index contributed by atoms with van der Waals surface area (Å²) in [7, 11) is 1.57. The molecule has 0 spiro atoms. The normalized spacial score (nSPS) is 26.6. The van der Waals surface area contributed by atoms with Crippen molar-refractivity contribution in [2.75, 3.05) is 20.5 Å². The van der Waals surface area contributed by atoms with Crippen molar-refractivity contribution < 1.29 is 28.5 Å². The quantitative estimate of drug-likeness (QED) is 0.194. The largest absolute Gasteiger partial charge is 0.497 e. The highest BCUT2D eigenvalue weighted by Crippen LogP contribution is 2.42. The number of ketones is 1. The second-order valence-electron chi connectivity index (χ2n) is 6.30. The zero-order valence-corrected chi connectivity index (χ0v) is 14.9. The molecule has 6 heteroatoms. The Morgan fingerprint density at radius 2 is 2.08 bits per heavy atom. The number of Topliss-reactive ketones (excluding diaryl/α,β-unsaturated/α-hetero) is 1. The van der Waals surface area contributed by atoms with Crippen LogP contribution >= 0.6 is 0 Å². The van der Waals surface area contributed by atoms with Crippen LogP contribution in [0.3, 0.4) is 0 Å². The van der Waals surface area contributed by atoms with Gasteiger partial charge in [0.05, 0.1) is 25.6 Å². The number of hydrogen-bond acceptors (Lipinski definition) is 6. The van der Waals surface area contributed by atoms with Crippen LogP contribution in [0.4, 0.5) is 0 Å². The van der Waals surface area contributed by atoms with E-state index in [0.29, 0.717) is 30.8 Å². The second kappa shape index (κ2) is 8.35. The molecular formula is C20H22O6. The van der Waals surface area contributed by atoms with Crippen LogP contribution in [0.25, 0.3) is 0 Å². The van der Waals surface area contributed by atoms with E-state index in [1.165, 1.54) is 0 Å². The molecule has 0 unspecified atom stereocenters. The predicted octanol–water partition coefficient (Wildman–Crippen LogP) is 2.21. The molecule has 6 nitrogen and oxygen atoms in total. The van der Waals surface area contributed by atoms with Crippen LogP contribution in [0.15, 0.2) is 24.3 Å². The lowest BCUT2D eigenvalue weighted by atomic mass is 9.92. The van der Waals surface area contributed by atoms with Crippen LogP contribution in [0.2, 0.25) is 0 Å². The van der Waals surface area contributed by atoms with Gasteiger partial charge in [-0.05, 0) is 37.1 Å². The maximum absolute atomic E-state index is 12.3. The Kier molecular flexibility index (Phi) is 5.92. The fourth-order valence-corrected chi connectivity index (χ4v) is 3.41. The Hall–Kier alpha value is -2.36. The summed E-state index contributed by atoms with van der Waals surface area (Å²) in [6.45, 7) is 2.61. The van der Waals surface area contributed by atoms with Gasteiger partial charge in [-0.3, -0.25) is 9.59 Å². The van der Waals surface area contributed by atoms with Crippen molar-refractivity contribution in [1.29, 1.82) is 0 Å². The third-order valence-corrected chi connectivity index (χ3v) is 4.76. The predicted molar refractivity (Wildman–Crippen MR) is 92.6 cm³/mol. The second-order valence-corrected chi connectivity index (χ2v) is 6.30. The Bertz CT molecular complexity index is 714.